The smallest absolute Gasteiger partial charge is 0.240 e. The van der Waals surface area contributed by atoms with E-state index in [-0.39, 0.29) is 29.7 Å². The van der Waals surface area contributed by atoms with Gasteiger partial charge in [0.05, 0.1) is 29.2 Å². The normalized spacial score (nSPS) is 13.0. The molecule has 0 radical (unpaired) electrons. The number of hydrogen-bond donors (Lipinski definition) is 2. The van der Waals surface area contributed by atoms with Gasteiger partial charge >= 0.3 is 0 Å². The van der Waals surface area contributed by atoms with Crippen molar-refractivity contribution in [1.29, 1.82) is 0 Å². The van der Waals surface area contributed by atoms with Crippen LogP contribution in [0.4, 0.5) is 4.39 Å². The number of benzene rings is 2. The Morgan fingerprint density at radius 2 is 1.92 bits per heavy atom. The van der Waals surface area contributed by atoms with E-state index in [2.05, 4.69) is 4.72 Å². The van der Waals surface area contributed by atoms with E-state index in [1.54, 1.807) is 0 Å². The van der Waals surface area contributed by atoms with E-state index in [9.17, 15) is 12.8 Å². The lowest BCUT2D eigenvalue weighted by molar-refractivity contribution is 0.0309. The highest BCUT2D eigenvalue weighted by Crippen LogP contribution is 2.21. The van der Waals surface area contributed by atoms with Crippen molar-refractivity contribution in [2.75, 3.05) is 19.8 Å². The molecule has 0 aliphatic rings. The zero-order valence-electron chi connectivity index (χ0n) is 13.6. The van der Waals surface area contributed by atoms with Crippen LogP contribution in [0.25, 0.3) is 0 Å². The Morgan fingerprint density at radius 1 is 1.24 bits per heavy atom. The van der Waals surface area contributed by atoms with Crippen LogP contribution in [0.1, 0.15) is 17.2 Å². The van der Waals surface area contributed by atoms with Gasteiger partial charge in [-0.3, -0.25) is 0 Å². The van der Waals surface area contributed by atoms with Crippen LogP contribution in [0.15, 0.2) is 47.4 Å². The van der Waals surface area contributed by atoms with Gasteiger partial charge in [-0.15, -0.1) is 0 Å². The first kappa shape index (κ1) is 19.8. The summed E-state index contributed by atoms with van der Waals surface area (Å²) in [6.45, 7) is 1.79. The van der Waals surface area contributed by atoms with Gasteiger partial charge in [0.15, 0.2) is 0 Å². The van der Waals surface area contributed by atoms with Crippen molar-refractivity contribution < 1.29 is 22.7 Å². The summed E-state index contributed by atoms with van der Waals surface area (Å²) in [5.41, 5.74) is 1.84. The molecule has 0 aromatic heterocycles. The van der Waals surface area contributed by atoms with Crippen molar-refractivity contribution in [3.8, 4) is 0 Å². The summed E-state index contributed by atoms with van der Waals surface area (Å²) in [5.74, 6) is -0.690. The molecule has 0 heterocycles. The van der Waals surface area contributed by atoms with E-state index in [4.69, 9.17) is 21.4 Å². The lowest BCUT2D eigenvalue weighted by Gasteiger charge is -2.19. The van der Waals surface area contributed by atoms with Crippen molar-refractivity contribution in [2.45, 2.75) is 17.9 Å². The topological polar surface area (TPSA) is 75.6 Å². The minimum atomic E-state index is -3.88. The van der Waals surface area contributed by atoms with E-state index in [1.807, 2.05) is 31.2 Å². The molecule has 5 nitrogen and oxygen atoms in total. The highest BCUT2D eigenvalue weighted by Gasteiger charge is 2.19. The van der Waals surface area contributed by atoms with E-state index < -0.39 is 21.9 Å². The van der Waals surface area contributed by atoms with E-state index >= 15 is 0 Å². The van der Waals surface area contributed by atoms with E-state index in [1.165, 1.54) is 0 Å². The van der Waals surface area contributed by atoms with Gasteiger partial charge in [-0.25, -0.2) is 17.5 Å². The molecule has 0 fully saturated rings. The van der Waals surface area contributed by atoms with Gasteiger partial charge in [0, 0.05) is 6.54 Å². The van der Waals surface area contributed by atoms with Crippen molar-refractivity contribution >= 4 is 21.6 Å². The maximum Gasteiger partial charge on any atom is 0.240 e. The molecule has 2 N–H and O–H groups in total. The Hall–Kier alpha value is -1.51. The Labute approximate surface area is 151 Å². The predicted molar refractivity (Wildman–Crippen MR) is 93.6 cm³/mol. The Bertz CT molecular complexity index is 812. The first-order valence-electron chi connectivity index (χ1n) is 7.57. The van der Waals surface area contributed by atoms with Crippen LogP contribution in [0.3, 0.4) is 0 Å². The lowest BCUT2D eigenvalue weighted by atomic mass is 10.1. The summed E-state index contributed by atoms with van der Waals surface area (Å²) in [6.07, 6.45) is -0.571. The number of aryl methyl sites for hydroxylation is 1. The van der Waals surface area contributed by atoms with E-state index in [0.29, 0.717) is 0 Å². The van der Waals surface area contributed by atoms with Crippen LogP contribution in [-0.4, -0.2) is 33.3 Å². The summed E-state index contributed by atoms with van der Waals surface area (Å²) >= 11 is 5.64. The Balaban J connectivity index is 2.15. The Kier molecular flexibility index (Phi) is 6.92. The van der Waals surface area contributed by atoms with Crippen LogP contribution in [-0.2, 0) is 14.8 Å². The van der Waals surface area contributed by atoms with Crippen LogP contribution in [0.2, 0.25) is 5.02 Å². The van der Waals surface area contributed by atoms with Crippen LogP contribution in [0.5, 0.6) is 0 Å². The molecule has 0 saturated carbocycles. The minimum Gasteiger partial charge on any atom is -0.394 e. The molecule has 0 saturated heterocycles. The molecule has 25 heavy (non-hydrogen) atoms. The molecule has 8 heteroatoms. The maximum absolute atomic E-state index is 13.2. The second kappa shape index (κ2) is 8.73. The molecule has 0 aliphatic heterocycles. The molecule has 0 bridgehead atoms. The summed E-state index contributed by atoms with van der Waals surface area (Å²) < 4.78 is 45.9. The fourth-order valence-electron chi connectivity index (χ4n) is 2.16. The zero-order chi connectivity index (χ0) is 18.4. The SMILES string of the molecule is Cc1ccc([C@H](CNS(=O)(=O)c2ccc(F)c(Cl)c2)OCCO)cc1. The second-order valence-electron chi connectivity index (χ2n) is 5.42. The lowest BCUT2D eigenvalue weighted by Crippen LogP contribution is -2.30. The number of hydrogen-bond acceptors (Lipinski definition) is 4. The monoisotopic (exact) mass is 387 g/mol. The summed E-state index contributed by atoms with van der Waals surface area (Å²) in [6, 6.07) is 10.6. The van der Waals surface area contributed by atoms with Crippen molar-refractivity contribution in [3.63, 3.8) is 0 Å². The average molecular weight is 388 g/mol. The van der Waals surface area contributed by atoms with Crippen LogP contribution < -0.4 is 4.72 Å². The third-order valence-corrected chi connectivity index (χ3v) is 5.23. The quantitative estimate of drug-likeness (QED) is 0.730. The summed E-state index contributed by atoms with van der Waals surface area (Å²) in [7, 11) is -3.88. The molecule has 0 unspecified atom stereocenters. The van der Waals surface area contributed by atoms with Gasteiger partial charge in [-0.05, 0) is 30.7 Å². The van der Waals surface area contributed by atoms with Gasteiger partial charge in [0.25, 0.3) is 0 Å². The van der Waals surface area contributed by atoms with Crippen LogP contribution in [0, 0.1) is 12.7 Å². The van der Waals surface area contributed by atoms with Gasteiger partial charge in [-0.2, -0.15) is 0 Å². The van der Waals surface area contributed by atoms with Gasteiger partial charge in [-0.1, -0.05) is 41.4 Å². The number of aliphatic hydroxyl groups excluding tert-OH is 1. The third kappa shape index (κ3) is 5.49. The molecule has 2 rings (SSSR count). The molecule has 2 aromatic rings. The first-order valence-corrected chi connectivity index (χ1v) is 9.43. The van der Waals surface area contributed by atoms with E-state index in [0.717, 1.165) is 29.3 Å². The molecule has 136 valence electrons. The number of rotatable bonds is 8. The fourth-order valence-corrected chi connectivity index (χ4v) is 3.46. The van der Waals surface area contributed by atoms with Gasteiger partial charge < -0.3 is 9.84 Å². The third-order valence-electron chi connectivity index (χ3n) is 3.52. The van der Waals surface area contributed by atoms with Crippen molar-refractivity contribution in [2.24, 2.45) is 0 Å². The standard InChI is InChI=1S/C17H19ClFNO4S/c1-12-2-4-13(5-3-12)17(24-9-8-21)11-20-25(22,23)14-6-7-16(19)15(18)10-14/h2-7,10,17,20-21H,8-9,11H2,1H3/t17-/m0/s1. The number of halogens is 2. The molecule has 0 amide bonds. The van der Waals surface area contributed by atoms with Gasteiger partial charge in [0.2, 0.25) is 10.0 Å². The minimum absolute atomic E-state index is 0.0413. The summed E-state index contributed by atoms with van der Waals surface area (Å²) in [5, 5.41) is 8.69. The largest absolute Gasteiger partial charge is 0.394 e. The maximum atomic E-state index is 13.2. The molecular weight excluding hydrogens is 369 g/mol. The molecule has 0 aliphatic carbocycles. The fraction of sp³-hybridized carbons (Fsp3) is 0.294. The predicted octanol–water partition coefficient (Wildman–Crippen LogP) is 2.82. The highest BCUT2D eigenvalue weighted by molar-refractivity contribution is 7.89. The highest BCUT2D eigenvalue weighted by atomic mass is 35.5. The number of ether oxygens (including phenoxy) is 1. The van der Waals surface area contributed by atoms with Crippen LogP contribution >= 0.6 is 11.6 Å². The zero-order valence-corrected chi connectivity index (χ0v) is 15.1. The summed E-state index contributed by atoms with van der Waals surface area (Å²) in [4.78, 5) is -0.135. The average Bonchev–Trinajstić information content (AvgIpc) is 2.58. The van der Waals surface area contributed by atoms with Crippen molar-refractivity contribution in [1.82, 2.24) is 4.72 Å². The number of sulfonamides is 1. The molecule has 0 spiro atoms. The van der Waals surface area contributed by atoms with Crippen molar-refractivity contribution in [3.05, 3.63) is 64.4 Å². The second-order valence-corrected chi connectivity index (χ2v) is 7.60. The Morgan fingerprint density at radius 3 is 2.52 bits per heavy atom. The molecule has 2 aromatic carbocycles. The molecule has 1 atom stereocenters. The number of aliphatic hydroxyl groups is 1. The molecular formula is C17H19ClFNO4S. The number of nitrogens with one attached hydrogen (secondary N) is 1. The van der Waals surface area contributed by atoms with Gasteiger partial charge in [0.1, 0.15) is 5.82 Å². The first-order chi connectivity index (χ1) is 11.8.